The lowest BCUT2D eigenvalue weighted by Gasteiger charge is -2.35. The number of piperidine rings is 1. The lowest BCUT2D eigenvalue weighted by atomic mass is 9.82. The highest BCUT2D eigenvalue weighted by molar-refractivity contribution is 5.33. The highest BCUT2D eigenvalue weighted by Crippen LogP contribution is 2.27. The van der Waals surface area contributed by atoms with Gasteiger partial charge in [0.2, 0.25) is 0 Å². The van der Waals surface area contributed by atoms with Crippen molar-refractivity contribution in [1.82, 2.24) is 5.32 Å². The first-order valence-corrected chi connectivity index (χ1v) is 5.28. The van der Waals surface area contributed by atoms with Crippen LogP contribution in [0.5, 0.6) is 0 Å². The molecule has 14 heavy (non-hydrogen) atoms. The van der Waals surface area contributed by atoms with Crippen molar-refractivity contribution in [3.05, 3.63) is 35.4 Å². The third-order valence-electron chi connectivity index (χ3n) is 3.10. The summed E-state index contributed by atoms with van der Waals surface area (Å²) in [6.07, 6.45) is 2.26. The molecule has 0 radical (unpaired) electrons. The first kappa shape index (κ1) is 9.69. The average molecular weight is 190 g/mol. The maximum atomic E-state index is 6.42. The Hall–Kier alpha value is -0.860. The van der Waals surface area contributed by atoms with Gasteiger partial charge in [-0.25, -0.2) is 0 Å². The van der Waals surface area contributed by atoms with Gasteiger partial charge in [-0.3, -0.25) is 0 Å². The molecule has 1 aromatic carbocycles. The normalized spacial score (nSPS) is 27.6. The van der Waals surface area contributed by atoms with Crippen molar-refractivity contribution >= 4 is 0 Å². The van der Waals surface area contributed by atoms with Gasteiger partial charge in [0.05, 0.1) is 5.54 Å². The average Bonchev–Trinajstić information content (AvgIpc) is 2.19. The zero-order valence-electron chi connectivity index (χ0n) is 8.72. The molecule has 2 nitrogen and oxygen atoms in total. The van der Waals surface area contributed by atoms with Crippen LogP contribution in [0.15, 0.2) is 24.3 Å². The number of benzene rings is 1. The van der Waals surface area contributed by atoms with Gasteiger partial charge in [0, 0.05) is 6.54 Å². The van der Waals surface area contributed by atoms with Crippen molar-refractivity contribution < 1.29 is 0 Å². The topological polar surface area (TPSA) is 38.0 Å². The molecule has 0 amide bonds. The maximum absolute atomic E-state index is 6.42. The molecule has 2 heteroatoms. The van der Waals surface area contributed by atoms with Gasteiger partial charge in [-0.2, -0.15) is 0 Å². The summed E-state index contributed by atoms with van der Waals surface area (Å²) in [6, 6.07) is 8.44. The smallest absolute Gasteiger partial charge is 0.0539 e. The third kappa shape index (κ3) is 1.68. The van der Waals surface area contributed by atoms with Crippen molar-refractivity contribution in [2.24, 2.45) is 5.73 Å². The molecule has 1 fully saturated rings. The first-order valence-electron chi connectivity index (χ1n) is 5.28. The van der Waals surface area contributed by atoms with Gasteiger partial charge in [-0.05, 0) is 37.4 Å². The summed E-state index contributed by atoms with van der Waals surface area (Å²) in [5.41, 5.74) is 8.87. The number of nitrogens with two attached hydrogens (primary N) is 1. The second-order valence-electron chi connectivity index (χ2n) is 4.25. The predicted molar refractivity (Wildman–Crippen MR) is 59.1 cm³/mol. The number of nitrogens with one attached hydrogen (secondary N) is 1. The molecule has 0 spiro atoms. The fourth-order valence-corrected chi connectivity index (χ4v) is 2.29. The molecule has 2 rings (SSSR count). The van der Waals surface area contributed by atoms with Gasteiger partial charge in [0.1, 0.15) is 0 Å². The molecule has 1 heterocycles. The molecule has 0 aliphatic carbocycles. The van der Waals surface area contributed by atoms with Crippen LogP contribution in [0.1, 0.15) is 24.0 Å². The van der Waals surface area contributed by atoms with E-state index in [4.69, 9.17) is 5.73 Å². The highest BCUT2D eigenvalue weighted by atomic mass is 15.0. The summed E-state index contributed by atoms with van der Waals surface area (Å²) in [5.74, 6) is 0. The van der Waals surface area contributed by atoms with E-state index in [1.165, 1.54) is 17.5 Å². The molecule has 1 aliphatic heterocycles. The van der Waals surface area contributed by atoms with Gasteiger partial charge in [-0.1, -0.05) is 24.3 Å². The predicted octanol–water partition coefficient (Wildman–Crippen LogP) is 1.53. The molecule has 1 atom stereocenters. The molecule has 0 saturated carbocycles. The number of aryl methyl sites for hydroxylation is 1. The summed E-state index contributed by atoms with van der Waals surface area (Å²) < 4.78 is 0. The van der Waals surface area contributed by atoms with E-state index in [1.54, 1.807) is 0 Å². The molecular formula is C12H18N2. The lowest BCUT2D eigenvalue weighted by Crippen LogP contribution is -2.50. The molecule has 1 aromatic rings. The molecule has 0 bridgehead atoms. The summed E-state index contributed by atoms with van der Waals surface area (Å²) in [6.45, 7) is 4.14. The quantitative estimate of drug-likeness (QED) is 0.705. The Morgan fingerprint density at radius 2 is 2.14 bits per heavy atom. The van der Waals surface area contributed by atoms with E-state index < -0.39 is 0 Å². The molecular weight excluding hydrogens is 172 g/mol. The van der Waals surface area contributed by atoms with Crippen LogP contribution >= 0.6 is 0 Å². The Morgan fingerprint density at radius 1 is 1.36 bits per heavy atom. The van der Waals surface area contributed by atoms with Gasteiger partial charge in [-0.15, -0.1) is 0 Å². The Labute approximate surface area is 85.5 Å². The largest absolute Gasteiger partial charge is 0.320 e. The second-order valence-corrected chi connectivity index (χ2v) is 4.25. The standard InChI is InChI=1S/C12H18N2/c1-10-5-2-3-6-11(10)12(13)7-4-8-14-9-12/h2-3,5-6,14H,4,7-9,13H2,1H3. The van der Waals surface area contributed by atoms with Crippen LogP contribution in [0, 0.1) is 6.92 Å². The molecule has 0 aromatic heterocycles. The van der Waals surface area contributed by atoms with Crippen LogP contribution in [0.3, 0.4) is 0 Å². The highest BCUT2D eigenvalue weighted by Gasteiger charge is 2.30. The lowest BCUT2D eigenvalue weighted by molar-refractivity contribution is 0.321. The van der Waals surface area contributed by atoms with E-state index in [2.05, 4.69) is 36.5 Å². The van der Waals surface area contributed by atoms with E-state index in [1.807, 2.05) is 0 Å². The van der Waals surface area contributed by atoms with Crippen molar-refractivity contribution in [3.63, 3.8) is 0 Å². The summed E-state index contributed by atoms with van der Waals surface area (Å²) in [5, 5.41) is 3.38. The van der Waals surface area contributed by atoms with Crippen LogP contribution in [0.4, 0.5) is 0 Å². The van der Waals surface area contributed by atoms with Crippen molar-refractivity contribution in [1.29, 1.82) is 0 Å². The van der Waals surface area contributed by atoms with Crippen LogP contribution in [-0.4, -0.2) is 13.1 Å². The minimum atomic E-state index is -0.149. The van der Waals surface area contributed by atoms with Crippen LogP contribution < -0.4 is 11.1 Å². The SMILES string of the molecule is Cc1ccccc1C1(N)CCCNC1. The van der Waals surface area contributed by atoms with Crippen LogP contribution in [0.25, 0.3) is 0 Å². The Morgan fingerprint density at radius 3 is 2.79 bits per heavy atom. The van der Waals surface area contributed by atoms with E-state index >= 15 is 0 Å². The summed E-state index contributed by atoms with van der Waals surface area (Å²) >= 11 is 0. The Kier molecular flexibility index (Phi) is 2.57. The number of rotatable bonds is 1. The molecule has 76 valence electrons. The van der Waals surface area contributed by atoms with Crippen molar-refractivity contribution in [3.8, 4) is 0 Å². The zero-order chi connectivity index (χ0) is 10.0. The Balaban J connectivity index is 2.32. The van der Waals surface area contributed by atoms with Gasteiger partial charge in [0.15, 0.2) is 0 Å². The number of hydrogen-bond donors (Lipinski definition) is 2. The molecule has 3 N–H and O–H groups in total. The zero-order valence-corrected chi connectivity index (χ0v) is 8.72. The minimum absolute atomic E-state index is 0.149. The third-order valence-corrected chi connectivity index (χ3v) is 3.10. The molecule has 1 saturated heterocycles. The second kappa shape index (κ2) is 3.71. The monoisotopic (exact) mass is 190 g/mol. The summed E-state index contributed by atoms with van der Waals surface area (Å²) in [7, 11) is 0. The maximum Gasteiger partial charge on any atom is 0.0539 e. The van der Waals surface area contributed by atoms with Gasteiger partial charge in [0.25, 0.3) is 0 Å². The van der Waals surface area contributed by atoms with Crippen molar-refractivity contribution in [2.75, 3.05) is 13.1 Å². The van der Waals surface area contributed by atoms with Gasteiger partial charge < -0.3 is 11.1 Å². The van der Waals surface area contributed by atoms with Gasteiger partial charge >= 0.3 is 0 Å². The fourth-order valence-electron chi connectivity index (χ4n) is 2.29. The summed E-state index contributed by atoms with van der Waals surface area (Å²) in [4.78, 5) is 0. The molecule has 1 unspecified atom stereocenters. The van der Waals surface area contributed by atoms with E-state index in [9.17, 15) is 0 Å². The van der Waals surface area contributed by atoms with E-state index in [0.29, 0.717) is 0 Å². The van der Waals surface area contributed by atoms with E-state index in [0.717, 1.165) is 19.5 Å². The fraction of sp³-hybridized carbons (Fsp3) is 0.500. The number of hydrogen-bond acceptors (Lipinski definition) is 2. The van der Waals surface area contributed by atoms with Crippen LogP contribution in [-0.2, 0) is 5.54 Å². The van der Waals surface area contributed by atoms with E-state index in [-0.39, 0.29) is 5.54 Å². The van der Waals surface area contributed by atoms with Crippen molar-refractivity contribution in [2.45, 2.75) is 25.3 Å². The first-order chi connectivity index (χ1) is 6.72. The van der Waals surface area contributed by atoms with Crippen LogP contribution in [0.2, 0.25) is 0 Å². The minimum Gasteiger partial charge on any atom is -0.320 e. The molecule has 1 aliphatic rings. The Bertz CT molecular complexity index is 314.